The lowest BCUT2D eigenvalue weighted by molar-refractivity contribution is 0.0902. The topological polar surface area (TPSA) is 46.5 Å². The molecule has 82 valence electrons. The Morgan fingerprint density at radius 1 is 1.40 bits per heavy atom. The zero-order chi connectivity index (χ0) is 11.1. The van der Waals surface area contributed by atoms with E-state index in [9.17, 15) is 4.79 Å². The van der Waals surface area contributed by atoms with Gasteiger partial charge in [-0.2, -0.15) is 0 Å². The summed E-state index contributed by atoms with van der Waals surface area (Å²) >= 11 is 0. The van der Waals surface area contributed by atoms with E-state index in [0.29, 0.717) is 6.61 Å². The number of unbranched alkanes of at least 4 members (excludes halogenated alkanes) is 1. The first-order valence-electron chi connectivity index (χ1n) is 5.10. The number of ether oxygens (including phenoxy) is 1. The van der Waals surface area contributed by atoms with E-state index >= 15 is 0 Å². The summed E-state index contributed by atoms with van der Waals surface area (Å²) in [6.45, 7) is 2.36. The molecule has 3 nitrogen and oxygen atoms in total. The fourth-order valence-corrected chi connectivity index (χ4v) is 1.46. The van der Waals surface area contributed by atoms with E-state index in [1.807, 2.05) is 6.07 Å². The molecule has 0 saturated heterocycles. The average Bonchev–Trinajstić information content (AvgIpc) is 2.17. The molecule has 0 spiro atoms. The minimum absolute atomic E-state index is 0.293. The van der Waals surface area contributed by atoms with Gasteiger partial charge in [-0.1, -0.05) is 29.8 Å². The molecule has 0 aliphatic heterocycles. The fraction of sp³-hybridized carbons (Fsp3) is 0.417. The summed E-state index contributed by atoms with van der Waals surface area (Å²) in [4.78, 5) is 10.1. The van der Waals surface area contributed by atoms with Gasteiger partial charge in [-0.25, -0.2) is 4.79 Å². The van der Waals surface area contributed by atoms with E-state index in [-0.39, 0.29) is 0 Å². The van der Waals surface area contributed by atoms with Crippen molar-refractivity contribution in [2.24, 2.45) is 0 Å². The van der Waals surface area contributed by atoms with Crippen LogP contribution in [-0.4, -0.2) is 17.9 Å². The molecule has 0 atom stereocenters. The molecule has 0 aromatic heterocycles. The summed E-state index contributed by atoms with van der Waals surface area (Å²) in [5, 5.41) is 8.24. The van der Waals surface area contributed by atoms with Crippen molar-refractivity contribution in [2.45, 2.75) is 26.2 Å². The molecule has 1 aromatic rings. The number of carbonyl (C=O) groups is 1. The number of hydrogen-bond donors (Lipinski definition) is 1. The van der Waals surface area contributed by atoms with Crippen LogP contribution in [0.2, 0.25) is 0 Å². The molecule has 0 aliphatic rings. The Balaban J connectivity index is 2.17. The van der Waals surface area contributed by atoms with E-state index in [1.54, 1.807) is 0 Å². The Labute approximate surface area is 89.7 Å². The average molecular weight is 208 g/mol. The summed E-state index contributed by atoms with van der Waals surface area (Å²) in [5.41, 5.74) is 2.56. The minimum atomic E-state index is -1.19. The van der Waals surface area contributed by atoms with Gasteiger partial charge in [0.25, 0.3) is 0 Å². The highest BCUT2D eigenvalue weighted by molar-refractivity contribution is 5.56. The van der Waals surface area contributed by atoms with Crippen LogP contribution in [0.3, 0.4) is 0 Å². The number of carboxylic acid groups (broad SMARTS) is 1. The van der Waals surface area contributed by atoms with Crippen LogP contribution in [0.4, 0.5) is 4.79 Å². The van der Waals surface area contributed by atoms with Gasteiger partial charge in [0.05, 0.1) is 6.61 Å². The highest BCUT2D eigenvalue weighted by Crippen LogP contribution is 2.07. The van der Waals surface area contributed by atoms with Crippen LogP contribution in [-0.2, 0) is 11.2 Å². The second kappa shape index (κ2) is 6.06. The number of benzene rings is 1. The third-order valence-corrected chi connectivity index (χ3v) is 2.17. The molecule has 0 unspecified atom stereocenters. The van der Waals surface area contributed by atoms with Gasteiger partial charge in [0, 0.05) is 0 Å². The van der Waals surface area contributed by atoms with Crippen LogP contribution >= 0.6 is 0 Å². The molecule has 0 aliphatic carbocycles. The van der Waals surface area contributed by atoms with E-state index in [4.69, 9.17) is 5.11 Å². The maximum atomic E-state index is 10.1. The lowest BCUT2D eigenvalue weighted by Gasteiger charge is -2.02. The molecule has 15 heavy (non-hydrogen) atoms. The van der Waals surface area contributed by atoms with Crippen molar-refractivity contribution in [3.63, 3.8) is 0 Å². The molecule has 1 aromatic carbocycles. The molecule has 1 rings (SSSR count). The summed E-state index contributed by atoms with van der Waals surface area (Å²) in [7, 11) is 0. The Bertz CT molecular complexity index is 320. The van der Waals surface area contributed by atoms with Gasteiger partial charge in [-0.3, -0.25) is 0 Å². The van der Waals surface area contributed by atoms with Crippen LogP contribution in [0, 0.1) is 6.92 Å². The molecular formula is C12H16O3. The van der Waals surface area contributed by atoms with E-state index in [1.165, 1.54) is 11.1 Å². The van der Waals surface area contributed by atoms with Gasteiger partial charge in [-0.15, -0.1) is 0 Å². The molecule has 0 heterocycles. The van der Waals surface area contributed by atoms with Gasteiger partial charge < -0.3 is 9.84 Å². The Hall–Kier alpha value is -1.51. The number of aryl methyl sites for hydroxylation is 2. The molecule has 0 bridgehead atoms. The van der Waals surface area contributed by atoms with E-state index < -0.39 is 6.16 Å². The Kier molecular flexibility index (Phi) is 4.68. The SMILES string of the molecule is Cc1cccc(CCCCOC(=O)O)c1. The first-order valence-corrected chi connectivity index (χ1v) is 5.10. The van der Waals surface area contributed by atoms with Gasteiger partial charge >= 0.3 is 6.16 Å². The zero-order valence-corrected chi connectivity index (χ0v) is 8.90. The second-order valence-corrected chi connectivity index (χ2v) is 3.56. The van der Waals surface area contributed by atoms with Crippen LogP contribution in [0.15, 0.2) is 24.3 Å². The lowest BCUT2D eigenvalue weighted by atomic mass is 10.1. The highest BCUT2D eigenvalue weighted by Gasteiger charge is 1.97. The maximum absolute atomic E-state index is 10.1. The fourth-order valence-electron chi connectivity index (χ4n) is 1.46. The summed E-state index contributed by atoms with van der Waals surface area (Å²) in [6, 6.07) is 8.35. The largest absolute Gasteiger partial charge is 0.505 e. The molecular weight excluding hydrogens is 192 g/mol. The Morgan fingerprint density at radius 3 is 2.87 bits per heavy atom. The molecule has 3 heteroatoms. The molecule has 1 N–H and O–H groups in total. The van der Waals surface area contributed by atoms with Gasteiger partial charge in [0.15, 0.2) is 0 Å². The van der Waals surface area contributed by atoms with Crippen molar-refractivity contribution in [1.82, 2.24) is 0 Å². The lowest BCUT2D eigenvalue weighted by Crippen LogP contribution is -2.02. The monoisotopic (exact) mass is 208 g/mol. The van der Waals surface area contributed by atoms with Gasteiger partial charge in [-0.05, 0) is 31.7 Å². The smallest absolute Gasteiger partial charge is 0.450 e. The van der Waals surface area contributed by atoms with Crippen molar-refractivity contribution in [3.8, 4) is 0 Å². The molecule has 0 radical (unpaired) electrons. The van der Waals surface area contributed by atoms with E-state index in [2.05, 4.69) is 29.9 Å². The van der Waals surface area contributed by atoms with Crippen molar-refractivity contribution in [2.75, 3.05) is 6.61 Å². The zero-order valence-electron chi connectivity index (χ0n) is 8.90. The highest BCUT2D eigenvalue weighted by atomic mass is 16.7. The molecule has 0 saturated carbocycles. The second-order valence-electron chi connectivity index (χ2n) is 3.56. The number of hydrogen-bond acceptors (Lipinski definition) is 2. The van der Waals surface area contributed by atoms with Crippen LogP contribution in [0.25, 0.3) is 0 Å². The summed E-state index contributed by atoms with van der Waals surface area (Å²) in [5.74, 6) is 0. The minimum Gasteiger partial charge on any atom is -0.450 e. The van der Waals surface area contributed by atoms with Crippen LogP contribution in [0.5, 0.6) is 0 Å². The van der Waals surface area contributed by atoms with Crippen molar-refractivity contribution >= 4 is 6.16 Å². The third kappa shape index (κ3) is 5.05. The van der Waals surface area contributed by atoms with E-state index in [0.717, 1.165) is 19.3 Å². The summed E-state index contributed by atoms with van der Waals surface area (Å²) in [6.07, 6.45) is 1.52. The first kappa shape index (κ1) is 11.6. The standard InChI is InChI=1S/C12H16O3/c1-10-5-4-7-11(9-10)6-2-3-8-15-12(13)14/h4-5,7,9H,2-3,6,8H2,1H3,(H,13,14). The molecule has 0 fully saturated rings. The van der Waals surface area contributed by atoms with Crippen LogP contribution < -0.4 is 0 Å². The van der Waals surface area contributed by atoms with Gasteiger partial charge in [0.2, 0.25) is 0 Å². The van der Waals surface area contributed by atoms with Crippen molar-refractivity contribution < 1.29 is 14.6 Å². The number of rotatable bonds is 5. The van der Waals surface area contributed by atoms with Crippen molar-refractivity contribution in [1.29, 1.82) is 0 Å². The van der Waals surface area contributed by atoms with Crippen molar-refractivity contribution in [3.05, 3.63) is 35.4 Å². The Morgan fingerprint density at radius 2 is 2.20 bits per heavy atom. The maximum Gasteiger partial charge on any atom is 0.505 e. The van der Waals surface area contributed by atoms with Gasteiger partial charge in [0.1, 0.15) is 0 Å². The quantitative estimate of drug-likeness (QED) is 0.597. The predicted octanol–water partition coefficient (Wildman–Crippen LogP) is 3.01. The third-order valence-electron chi connectivity index (χ3n) is 2.17. The predicted molar refractivity (Wildman–Crippen MR) is 58.1 cm³/mol. The molecule has 0 amide bonds. The summed E-state index contributed by atoms with van der Waals surface area (Å²) < 4.78 is 4.42. The first-order chi connectivity index (χ1) is 7.18. The van der Waals surface area contributed by atoms with Crippen LogP contribution in [0.1, 0.15) is 24.0 Å². The normalized spacial score (nSPS) is 9.93.